The number of anilines is 2. The van der Waals surface area contributed by atoms with Gasteiger partial charge in [-0.05, 0) is 47.9 Å². The predicted molar refractivity (Wildman–Crippen MR) is 105 cm³/mol. The number of benzene rings is 3. The minimum absolute atomic E-state index is 0.195. The van der Waals surface area contributed by atoms with Crippen LogP contribution in [0.2, 0.25) is 0 Å². The van der Waals surface area contributed by atoms with Gasteiger partial charge in [-0.15, -0.1) is 0 Å². The highest BCUT2D eigenvalue weighted by molar-refractivity contribution is 7.81. The first-order valence-electron chi connectivity index (χ1n) is 8.02. The van der Waals surface area contributed by atoms with Crippen LogP contribution >= 0.6 is 0 Å². The number of aromatic hydroxyl groups is 1. The van der Waals surface area contributed by atoms with Gasteiger partial charge in [-0.3, -0.25) is 4.55 Å². The summed E-state index contributed by atoms with van der Waals surface area (Å²) >= 11 is -2.43. The van der Waals surface area contributed by atoms with Gasteiger partial charge in [-0.25, -0.2) is 13.3 Å². The Hall–Kier alpha value is -3.16. The Kier molecular flexibility index (Phi) is 5.25. The Morgan fingerprint density at radius 3 is 2.30 bits per heavy atom. The van der Waals surface area contributed by atoms with Crippen molar-refractivity contribution in [3.63, 3.8) is 0 Å². The Morgan fingerprint density at radius 2 is 1.67 bits per heavy atom. The highest BCUT2D eigenvalue weighted by Crippen LogP contribution is 2.34. The van der Waals surface area contributed by atoms with Crippen molar-refractivity contribution in [1.82, 2.24) is 0 Å². The molecule has 0 saturated carbocycles. The summed E-state index contributed by atoms with van der Waals surface area (Å²) in [6, 6.07) is 18.6. The molecule has 6 nitrogen and oxygen atoms in total. The molecule has 0 heterocycles. The van der Waals surface area contributed by atoms with E-state index < -0.39 is 23.0 Å². The molecular weight excluding hydrogens is 366 g/mol. The zero-order chi connectivity index (χ0) is 19.6. The Morgan fingerprint density at radius 1 is 0.963 bits per heavy atom. The van der Waals surface area contributed by atoms with Crippen molar-refractivity contribution < 1.29 is 23.8 Å². The molecule has 0 fully saturated rings. The van der Waals surface area contributed by atoms with Gasteiger partial charge in [-0.1, -0.05) is 36.4 Å². The molecule has 1 atom stereocenters. The summed E-state index contributed by atoms with van der Waals surface area (Å²) in [5.74, 6) is -1.76. The number of carboxylic acids is 1. The summed E-state index contributed by atoms with van der Waals surface area (Å²) in [7, 11) is 0. The molecular formula is C20H17NO5S. The Labute approximate surface area is 158 Å². The normalized spacial score (nSPS) is 11.8. The molecule has 0 aromatic heterocycles. The first-order valence-corrected chi connectivity index (χ1v) is 9.08. The molecule has 3 aromatic carbocycles. The molecule has 0 radical (unpaired) electrons. The van der Waals surface area contributed by atoms with Crippen LogP contribution in [0.1, 0.15) is 15.9 Å². The summed E-state index contributed by atoms with van der Waals surface area (Å²) in [5.41, 5.74) is 3.27. The zero-order valence-corrected chi connectivity index (χ0v) is 15.2. The maximum absolute atomic E-state index is 12.0. The van der Waals surface area contributed by atoms with E-state index in [1.165, 1.54) is 12.1 Å². The fraction of sp³-hybridized carbons (Fsp3) is 0.0500. The summed E-state index contributed by atoms with van der Waals surface area (Å²) in [6.07, 6.45) is 0. The van der Waals surface area contributed by atoms with Gasteiger partial charge in [0.25, 0.3) is 11.3 Å². The second kappa shape index (κ2) is 7.61. The van der Waals surface area contributed by atoms with Crippen LogP contribution in [0.15, 0.2) is 66.7 Å². The lowest BCUT2D eigenvalue weighted by Crippen LogP contribution is -2.19. The summed E-state index contributed by atoms with van der Waals surface area (Å²) < 4.78 is 22.9. The van der Waals surface area contributed by atoms with Crippen molar-refractivity contribution in [2.24, 2.45) is 0 Å². The summed E-state index contributed by atoms with van der Waals surface area (Å²) in [5, 5.41) is 18.9. The van der Waals surface area contributed by atoms with Gasteiger partial charge in [-0.2, -0.15) is 0 Å². The van der Waals surface area contributed by atoms with Crippen molar-refractivity contribution in [2.75, 3.05) is 4.31 Å². The lowest BCUT2D eigenvalue weighted by Gasteiger charge is -2.21. The second-order valence-corrected chi connectivity index (χ2v) is 6.72. The minimum atomic E-state index is -2.43. The van der Waals surface area contributed by atoms with Crippen molar-refractivity contribution in [3.8, 4) is 16.9 Å². The van der Waals surface area contributed by atoms with E-state index in [0.717, 1.165) is 27.1 Å². The van der Waals surface area contributed by atoms with Crippen molar-refractivity contribution in [2.45, 2.75) is 6.92 Å². The predicted octanol–water partition coefficient (Wildman–Crippen LogP) is 4.34. The fourth-order valence-electron chi connectivity index (χ4n) is 2.85. The SMILES string of the molecule is Cc1ccccc1-c1cccc(N(c2ccc(C(=O)O)c(O)c2)S(=O)O)c1. The van der Waals surface area contributed by atoms with E-state index in [-0.39, 0.29) is 11.3 Å². The number of hydrogen-bond donors (Lipinski definition) is 3. The topological polar surface area (TPSA) is 98.1 Å². The molecule has 0 aliphatic heterocycles. The van der Waals surface area contributed by atoms with E-state index in [1.807, 2.05) is 37.3 Å². The van der Waals surface area contributed by atoms with Gasteiger partial charge < -0.3 is 10.2 Å². The first-order chi connectivity index (χ1) is 12.9. The van der Waals surface area contributed by atoms with Crippen LogP contribution in [-0.4, -0.2) is 24.9 Å². The second-order valence-electron chi connectivity index (χ2n) is 5.90. The molecule has 0 bridgehead atoms. The molecule has 0 saturated heterocycles. The van der Waals surface area contributed by atoms with Crippen LogP contribution in [0.5, 0.6) is 5.75 Å². The number of carbonyl (C=O) groups is 1. The molecule has 1 unspecified atom stereocenters. The molecule has 0 amide bonds. The number of rotatable bonds is 5. The van der Waals surface area contributed by atoms with E-state index in [4.69, 9.17) is 5.11 Å². The van der Waals surface area contributed by atoms with Gasteiger partial charge >= 0.3 is 5.97 Å². The average molecular weight is 383 g/mol. The number of hydrogen-bond acceptors (Lipinski definition) is 3. The van der Waals surface area contributed by atoms with Gasteiger partial charge in [0.05, 0.1) is 11.4 Å². The first kappa shape index (κ1) is 18.6. The van der Waals surface area contributed by atoms with Gasteiger partial charge in [0.1, 0.15) is 11.3 Å². The number of aromatic carboxylic acids is 1. The smallest absolute Gasteiger partial charge is 0.339 e. The third-order valence-electron chi connectivity index (χ3n) is 4.14. The lowest BCUT2D eigenvalue weighted by atomic mass is 10.0. The average Bonchev–Trinajstić information content (AvgIpc) is 2.62. The minimum Gasteiger partial charge on any atom is -0.507 e. The maximum atomic E-state index is 12.0. The molecule has 3 N–H and O–H groups in total. The van der Waals surface area contributed by atoms with Crippen LogP contribution in [0.25, 0.3) is 11.1 Å². The van der Waals surface area contributed by atoms with E-state index in [1.54, 1.807) is 18.2 Å². The van der Waals surface area contributed by atoms with Gasteiger partial charge in [0.2, 0.25) is 0 Å². The van der Waals surface area contributed by atoms with E-state index in [2.05, 4.69) is 0 Å². The molecule has 0 spiro atoms. The number of carboxylic acid groups (broad SMARTS) is 1. The lowest BCUT2D eigenvalue weighted by molar-refractivity contribution is 0.0694. The van der Waals surface area contributed by atoms with Crippen molar-refractivity contribution in [1.29, 1.82) is 0 Å². The largest absolute Gasteiger partial charge is 0.507 e. The third kappa shape index (κ3) is 3.84. The Bertz CT molecular complexity index is 1030. The van der Waals surface area contributed by atoms with Crippen molar-refractivity contribution >= 4 is 28.6 Å². The quantitative estimate of drug-likeness (QED) is 0.569. The molecule has 3 aromatic rings. The van der Waals surface area contributed by atoms with Crippen LogP contribution in [-0.2, 0) is 11.3 Å². The van der Waals surface area contributed by atoms with Gasteiger partial charge in [0, 0.05) is 6.07 Å². The van der Waals surface area contributed by atoms with E-state index in [9.17, 15) is 18.7 Å². The summed E-state index contributed by atoms with van der Waals surface area (Å²) in [6.45, 7) is 1.98. The molecule has 7 heteroatoms. The van der Waals surface area contributed by atoms with Crippen LogP contribution in [0, 0.1) is 6.92 Å². The molecule has 0 aliphatic carbocycles. The molecule has 27 heavy (non-hydrogen) atoms. The summed E-state index contributed by atoms with van der Waals surface area (Å²) in [4.78, 5) is 11.1. The van der Waals surface area contributed by atoms with Crippen LogP contribution in [0.4, 0.5) is 11.4 Å². The van der Waals surface area contributed by atoms with E-state index >= 15 is 0 Å². The Balaban J connectivity index is 2.08. The third-order valence-corrected chi connectivity index (χ3v) is 4.87. The van der Waals surface area contributed by atoms with Crippen molar-refractivity contribution in [3.05, 3.63) is 77.9 Å². The highest BCUT2D eigenvalue weighted by Gasteiger charge is 2.19. The standard InChI is InChI=1S/C20H17NO5S/c1-13-5-2-3-8-17(13)14-6-4-7-15(11-14)21(27(25)26)16-9-10-18(20(23)24)19(22)12-16/h2-12,22H,1H3,(H,23,24)(H,25,26). The molecule has 138 valence electrons. The van der Waals surface area contributed by atoms with Crippen LogP contribution < -0.4 is 4.31 Å². The van der Waals surface area contributed by atoms with E-state index in [0.29, 0.717) is 5.69 Å². The number of nitrogens with zero attached hydrogens (tertiary/aromatic N) is 1. The molecule has 3 rings (SSSR count). The highest BCUT2D eigenvalue weighted by atomic mass is 32.2. The number of aryl methyl sites for hydroxylation is 1. The zero-order valence-electron chi connectivity index (χ0n) is 14.4. The number of phenols is 1. The monoisotopic (exact) mass is 383 g/mol. The van der Waals surface area contributed by atoms with Gasteiger partial charge in [0.15, 0.2) is 0 Å². The fourth-order valence-corrected chi connectivity index (χ4v) is 3.44. The molecule has 0 aliphatic rings. The maximum Gasteiger partial charge on any atom is 0.339 e. The van der Waals surface area contributed by atoms with Crippen LogP contribution in [0.3, 0.4) is 0 Å².